The maximum absolute atomic E-state index is 13.0. The second-order valence-electron chi connectivity index (χ2n) is 6.73. The van der Waals surface area contributed by atoms with Gasteiger partial charge < -0.3 is 25.4 Å². The molecule has 0 heterocycles. The summed E-state index contributed by atoms with van der Waals surface area (Å²) in [4.78, 5) is 24.0. The number of anilines is 2. The van der Waals surface area contributed by atoms with Gasteiger partial charge in [-0.05, 0) is 60.7 Å². The monoisotopic (exact) mass is 459 g/mol. The molecule has 3 aromatic rings. The molecule has 0 bridgehead atoms. The van der Waals surface area contributed by atoms with Crippen molar-refractivity contribution in [2.24, 2.45) is 0 Å². The lowest BCUT2D eigenvalue weighted by Crippen LogP contribution is -2.20. The van der Waals surface area contributed by atoms with Gasteiger partial charge in [-0.1, -0.05) is 6.07 Å². The number of urea groups is 1. The fraction of sp³-hybridized carbons (Fsp3) is 0.130. The quantitative estimate of drug-likeness (QED) is 0.454. The minimum Gasteiger partial charge on any atom is -0.495 e. The molecule has 0 aromatic heterocycles. The van der Waals surface area contributed by atoms with E-state index < -0.39 is 17.8 Å². The van der Waals surface area contributed by atoms with E-state index in [-0.39, 0.29) is 17.3 Å². The number of rotatable bonds is 6. The minimum absolute atomic E-state index is 0.0842. The summed E-state index contributed by atoms with van der Waals surface area (Å²) in [6, 6.07) is 14.9. The Hall–Kier alpha value is -4.21. The molecule has 0 radical (unpaired) electrons. The number of carbonyl (C=O) groups excluding carboxylic acids is 2. The van der Waals surface area contributed by atoms with Crippen LogP contribution in [0.1, 0.15) is 15.9 Å². The van der Waals surface area contributed by atoms with E-state index in [4.69, 9.17) is 9.47 Å². The van der Waals surface area contributed by atoms with Crippen LogP contribution in [0.3, 0.4) is 0 Å². The smallest absolute Gasteiger partial charge is 0.416 e. The van der Waals surface area contributed by atoms with Crippen LogP contribution in [0.4, 0.5) is 29.3 Å². The number of benzene rings is 3. The summed E-state index contributed by atoms with van der Waals surface area (Å²) in [5.41, 5.74) is -0.221. The van der Waals surface area contributed by atoms with Crippen molar-refractivity contribution in [3.63, 3.8) is 0 Å². The molecule has 3 rings (SSSR count). The largest absolute Gasteiger partial charge is 0.495 e. The van der Waals surface area contributed by atoms with Crippen molar-refractivity contribution in [3.05, 3.63) is 77.9 Å². The number of amides is 3. The van der Waals surface area contributed by atoms with Crippen LogP contribution >= 0.6 is 0 Å². The Morgan fingerprint density at radius 3 is 2.24 bits per heavy atom. The van der Waals surface area contributed by atoms with Crippen LogP contribution in [-0.4, -0.2) is 26.1 Å². The van der Waals surface area contributed by atoms with Crippen LogP contribution in [0.25, 0.3) is 0 Å². The second kappa shape index (κ2) is 9.94. The Morgan fingerprint density at radius 1 is 0.879 bits per heavy atom. The molecule has 3 N–H and O–H groups in total. The molecule has 10 heteroatoms. The molecule has 7 nitrogen and oxygen atoms in total. The molecule has 0 fully saturated rings. The van der Waals surface area contributed by atoms with Crippen LogP contribution < -0.4 is 25.4 Å². The van der Waals surface area contributed by atoms with Gasteiger partial charge in [-0.15, -0.1) is 0 Å². The number of nitrogens with one attached hydrogen (secondary N) is 3. The number of methoxy groups -OCH3 is 1. The van der Waals surface area contributed by atoms with E-state index >= 15 is 0 Å². The van der Waals surface area contributed by atoms with E-state index in [1.807, 2.05) is 0 Å². The molecule has 3 amide bonds. The highest BCUT2D eigenvalue weighted by molar-refractivity contribution is 6.00. The first kappa shape index (κ1) is 23.5. The molecule has 172 valence electrons. The standard InChI is InChI=1S/C23H20F3N3O4/c1-27-21(30)14-4-3-5-18(12-14)33-17-9-7-16(8-10-17)28-22(31)29-19-13-15(23(24,25)26)6-11-20(19)32-2/h3-13H,1-2H3,(H,27,30)(H2,28,29,31). The van der Waals surface area contributed by atoms with Crippen molar-refractivity contribution < 1.29 is 32.2 Å². The maximum atomic E-state index is 13.0. The van der Waals surface area contributed by atoms with Crippen molar-refractivity contribution in [2.75, 3.05) is 24.8 Å². The fourth-order valence-electron chi connectivity index (χ4n) is 2.85. The number of halogens is 3. The number of alkyl halides is 3. The van der Waals surface area contributed by atoms with Gasteiger partial charge in [0.05, 0.1) is 18.4 Å². The lowest BCUT2D eigenvalue weighted by molar-refractivity contribution is -0.137. The summed E-state index contributed by atoms with van der Waals surface area (Å²) in [5.74, 6) is 0.741. The van der Waals surface area contributed by atoms with Crippen molar-refractivity contribution in [1.29, 1.82) is 0 Å². The molecule has 0 saturated carbocycles. The van der Waals surface area contributed by atoms with Gasteiger partial charge in [0.15, 0.2) is 0 Å². The first-order valence-electron chi connectivity index (χ1n) is 9.63. The number of hydrogen-bond acceptors (Lipinski definition) is 4. The van der Waals surface area contributed by atoms with Crippen molar-refractivity contribution in [2.45, 2.75) is 6.18 Å². The highest BCUT2D eigenvalue weighted by Crippen LogP contribution is 2.35. The number of hydrogen-bond donors (Lipinski definition) is 3. The van der Waals surface area contributed by atoms with Gasteiger partial charge in [0, 0.05) is 18.3 Å². The van der Waals surface area contributed by atoms with Gasteiger partial charge in [-0.2, -0.15) is 13.2 Å². The zero-order chi connectivity index (χ0) is 24.0. The maximum Gasteiger partial charge on any atom is 0.416 e. The van der Waals surface area contributed by atoms with Crippen molar-refractivity contribution >= 4 is 23.3 Å². The summed E-state index contributed by atoms with van der Waals surface area (Å²) < 4.78 is 49.6. The van der Waals surface area contributed by atoms with E-state index in [2.05, 4.69) is 16.0 Å². The topological polar surface area (TPSA) is 88.7 Å². The summed E-state index contributed by atoms with van der Waals surface area (Å²) in [6.45, 7) is 0. The Bertz CT molecular complexity index is 1150. The Labute approximate surface area is 187 Å². The molecular formula is C23H20F3N3O4. The Balaban J connectivity index is 1.66. The van der Waals surface area contributed by atoms with Gasteiger partial charge in [-0.3, -0.25) is 4.79 Å². The third-order valence-electron chi connectivity index (χ3n) is 4.45. The first-order chi connectivity index (χ1) is 15.7. The third kappa shape index (κ3) is 6.16. The number of carbonyl (C=O) groups is 2. The fourth-order valence-corrected chi connectivity index (χ4v) is 2.85. The molecule has 33 heavy (non-hydrogen) atoms. The highest BCUT2D eigenvalue weighted by Gasteiger charge is 2.31. The third-order valence-corrected chi connectivity index (χ3v) is 4.45. The zero-order valence-corrected chi connectivity index (χ0v) is 17.6. The summed E-state index contributed by atoms with van der Waals surface area (Å²) in [6.07, 6.45) is -4.56. The Kier molecular flexibility index (Phi) is 7.07. The SMILES string of the molecule is CNC(=O)c1cccc(Oc2ccc(NC(=O)Nc3cc(C(F)(F)F)ccc3OC)cc2)c1. The first-order valence-corrected chi connectivity index (χ1v) is 9.63. The van der Waals surface area contributed by atoms with Crippen LogP contribution in [-0.2, 0) is 6.18 Å². The van der Waals surface area contributed by atoms with Crippen LogP contribution in [0.5, 0.6) is 17.2 Å². The van der Waals surface area contributed by atoms with E-state index in [0.29, 0.717) is 22.7 Å². The molecule has 3 aromatic carbocycles. The summed E-state index contributed by atoms with van der Waals surface area (Å²) in [7, 11) is 2.82. The van der Waals surface area contributed by atoms with Gasteiger partial charge >= 0.3 is 12.2 Å². The second-order valence-corrected chi connectivity index (χ2v) is 6.73. The van der Waals surface area contributed by atoms with Gasteiger partial charge in [0.25, 0.3) is 5.91 Å². The summed E-state index contributed by atoms with van der Waals surface area (Å²) in [5, 5.41) is 7.41. The minimum atomic E-state index is -4.56. The molecule has 0 unspecified atom stereocenters. The van der Waals surface area contributed by atoms with Gasteiger partial charge in [0.1, 0.15) is 17.2 Å². The molecule has 0 atom stereocenters. The van der Waals surface area contributed by atoms with Crippen LogP contribution in [0, 0.1) is 0 Å². The zero-order valence-electron chi connectivity index (χ0n) is 17.6. The molecule has 0 aliphatic heterocycles. The summed E-state index contributed by atoms with van der Waals surface area (Å²) >= 11 is 0. The number of ether oxygens (including phenoxy) is 2. The Morgan fingerprint density at radius 2 is 1.61 bits per heavy atom. The lowest BCUT2D eigenvalue weighted by atomic mass is 10.2. The molecular weight excluding hydrogens is 439 g/mol. The lowest BCUT2D eigenvalue weighted by Gasteiger charge is -2.14. The average molecular weight is 459 g/mol. The predicted octanol–water partition coefficient (Wildman–Crippen LogP) is 5.51. The van der Waals surface area contributed by atoms with Gasteiger partial charge in [0.2, 0.25) is 0 Å². The van der Waals surface area contributed by atoms with Crippen molar-refractivity contribution in [1.82, 2.24) is 5.32 Å². The normalized spacial score (nSPS) is 10.8. The van der Waals surface area contributed by atoms with Crippen LogP contribution in [0.2, 0.25) is 0 Å². The van der Waals surface area contributed by atoms with E-state index in [1.165, 1.54) is 14.2 Å². The van der Waals surface area contributed by atoms with E-state index in [0.717, 1.165) is 18.2 Å². The van der Waals surface area contributed by atoms with Crippen molar-refractivity contribution in [3.8, 4) is 17.2 Å². The molecule has 0 spiro atoms. The molecule has 0 saturated heterocycles. The molecule has 0 aliphatic rings. The van der Waals surface area contributed by atoms with Crippen LogP contribution in [0.15, 0.2) is 66.7 Å². The highest BCUT2D eigenvalue weighted by atomic mass is 19.4. The van der Waals surface area contributed by atoms with E-state index in [1.54, 1.807) is 48.5 Å². The predicted molar refractivity (Wildman–Crippen MR) is 117 cm³/mol. The van der Waals surface area contributed by atoms with Gasteiger partial charge in [-0.25, -0.2) is 4.79 Å². The van der Waals surface area contributed by atoms with E-state index in [9.17, 15) is 22.8 Å². The average Bonchev–Trinajstić information content (AvgIpc) is 2.79. The molecule has 0 aliphatic carbocycles.